The first-order valence-electron chi connectivity index (χ1n) is 5.40. The summed E-state index contributed by atoms with van der Waals surface area (Å²) in [6.07, 6.45) is 3.84. The minimum atomic E-state index is -0.652. The van der Waals surface area contributed by atoms with Crippen LogP contribution in [-0.4, -0.2) is 30.5 Å². The first kappa shape index (κ1) is 12.0. The fraction of sp³-hybridized carbons (Fsp3) is 1.00. The summed E-state index contributed by atoms with van der Waals surface area (Å²) >= 11 is 0. The van der Waals surface area contributed by atoms with Gasteiger partial charge in [-0.25, -0.2) is 0 Å². The van der Waals surface area contributed by atoms with Crippen molar-refractivity contribution in [1.29, 1.82) is 0 Å². The smallest absolute Gasteiger partial charge is 0.0735 e. The summed E-state index contributed by atoms with van der Waals surface area (Å²) in [4.78, 5) is 0. The summed E-state index contributed by atoms with van der Waals surface area (Å²) in [6.45, 7) is 4.58. The summed E-state index contributed by atoms with van der Waals surface area (Å²) in [7, 11) is 1.71. The molecule has 84 valence electrons. The maximum atomic E-state index is 10.5. The first-order valence-corrected chi connectivity index (χ1v) is 5.40. The van der Waals surface area contributed by atoms with Crippen molar-refractivity contribution >= 4 is 0 Å². The van der Waals surface area contributed by atoms with E-state index in [1.807, 2.05) is 13.8 Å². The molecule has 3 N–H and O–H groups in total. The third-order valence-electron chi connectivity index (χ3n) is 3.79. The van der Waals surface area contributed by atoms with Gasteiger partial charge in [-0.2, -0.15) is 0 Å². The van der Waals surface area contributed by atoms with Gasteiger partial charge in [0.1, 0.15) is 0 Å². The molecule has 0 aromatic rings. The van der Waals surface area contributed by atoms with Crippen LogP contribution >= 0.6 is 0 Å². The van der Waals surface area contributed by atoms with Gasteiger partial charge in [0.25, 0.3) is 0 Å². The summed E-state index contributed by atoms with van der Waals surface area (Å²) < 4.78 is 5.33. The Morgan fingerprint density at radius 3 is 2.71 bits per heavy atom. The van der Waals surface area contributed by atoms with Crippen LogP contribution in [0.1, 0.15) is 39.5 Å². The zero-order chi connectivity index (χ0) is 10.8. The van der Waals surface area contributed by atoms with E-state index in [0.717, 1.165) is 19.3 Å². The number of hydrogen-bond donors (Lipinski definition) is 2. The van der Waals surface area contributed by atoms with Gasteiger partial charge in [-0.15, -0.1) is 0 Å². The molecular formula is C11H23NO2. The molecule has 0 amide bonds. The van der Waals surface area contributed by atoms with Crippen LogP contribution in [0.2, 0.25) is 0 Å². The van der Waals surface area contributed by atoms with E-state index in [-0.39, 0.29) is 11.5 Å². The minimum absolute atomic E-state index is 0.194. The van der Waals surface area contributed by atoms with Crippen molar-refractivity contribution < 1.29 is 9.84 Å². The van der Waals surface area contributed by atoms with Gasteiger partial charge in [0.2, 0.25) is 0 Å². The molecule has 0 aromatic heterocycles. The summed E-state index contributed by atoms with van der Waals surface area (Å²) in [5.74, 6) is 0. The Morgan fingerprint density at radius 2 is 2.21 bits per heavy atom. The third-order valence-corrected chi connectivity index (χ3v) is 3.79. The topological polar surface area (TPSA) is 55.5 Å². The molecule has 0 aliphatic heterocycles. The van der Waals surface area contributed by atoms with E-state index < -0.39 is 5.60 Å². The number of methoxy groups -OCH3 is 1. The van der Waals surface area contributed by atoms with E-state index >= 15 is 0 Å². The van der Waals surface area contributed by atoms with E-state index in [0.29, 0.717) is 13.0 Å². The minimum Gasteiger partial charge on any atom is -0.389 e. The molecule has 0 saturated heterocycles. The van der Waals surface area contributed by atoms with Crippen molar-refractivity contribution in [3.8, 4) is 0 Å². The first-order chi connectivity index (χ1) is 6.45. The zero-order valence-corrected chi connectivity index (χ0v) is 9.55. The van der Waals surface area contributed by atoms with Gasteiger partial charge in [-0.1, -0.05) is 13.8 Å². The Labute approximate surface area is 86.6 Å². The summed E-state index contributed by atoms with van der Waals surface area (Å²) in [6, 6.07) is 0. The molecule has 3 nitrogen and oxygen atoms in total. The fourth-order valence-electron chi connectivity index (χ4n) is 2.21. The fourth-order valence-corrected chi connectivity index (χ4v) is 2.21. The zero-order valence-electron chi connectivity index (χ0n) is 9.55. The summed E-state index contributed by atoms with van der Waals surface area (Å²) in [5, 5.41) is 10.5. The van der Waals surface area contributed by atoms with Crippen LogP contribution in [-0.2, 0) is 4.74 Å². The highest BCUT2D eigenvalue weighted by atomic mass is 16.5. The highest BCUT2D eigenvalue weighted by Crippen LogP contribution is 2.42. The third kappa shape index (κ3) is 2.10. The van der Waals surface area contributed by atoms with Crippen molar-refractivity contribution in [3.05, 3.63) is 0 Å². The van der Waals surface area contributed by atoms with Gasteiger partial charge in [-0.3, -0.25) is 0 Å². The van der Waals surface area contributed by atoms with Crippen LogP contribution in [0, 0.1) is 5.41 Å². The molecule has 1 aliphatic carbocycles. The largest absolute Gasteiger partial charge is 0.389 e. The van der Waals surface area contributed by atoms with Crippen LogP contribution in [0.3, 0.4) is 0 Å². The molecule has 0 bridgehead atoms. The maximum Gasteiger partial charge on any atom is 0.0735 e. The van der Waals surface area contributed by atoms with Crippen molar-refractivity contribution in [2.45, 2.75) is 51.2 Å². The molecule has 1 rings (SSSR count). The molecule has 0 heterocycles. The second-order valence-corrected chi connectivity index (χ2v) is 5.07. The van der Waals surface area contributed by atoms with Crippen LogP contribution in [0.4, 0.5) is 0 Å². The quantitative estimate of drug-likeness (QED) is 0.723. The second kappa shape index (κ2) is 4.17. The molecule has 2 unspecified atom stereocenters. The van der Waals surface area contributed by atoms with Crippen molar-refractivity contribution in [2.24, 2.45) is 11.1 Å². The monoisotopic (exact) mass is 201 g/mol. The molecule has 0 radical (unpaired) electrons. The molecular weight excluding hydrogens is 178 g/mol. The number of rotatable bonds is 3. The predicted octanol–water partition coefficient (Wildman–Crippen LogP) is 1.29. The van der Waals surface area contributed by atoms with E-state index in [1.54, 1.807) is 7.11 Å². The Kier molecular flexibility index (Phi) is 3.56. The number of nitrogens with two attached hydrogens (primary N) is 1. The van der Waals surface area contributed by atoms with Gasteiger partial charge in [0, 0.05) is 25.5 Å². The van der Waals surface area contributed by atoms with Gasteiger partial charge in [0.05, 0.1) is 11.7 Å². The van der Waals surface area contributed by atoms with Crippen LogP contribution in [0.15, 0.2) is 0 Å². The molecule has 1 fully saturated rings. The number of hydrogen-bond acceptors (Lipinski definition) is 3. The lowest BCUT2D eigenvalue weighted by molar-refractivity contribution is -0.124. The average Bonchev–Trinajstić information content (AvgIpc) is 2.17. The van der Waals surface area contributed by atoms with Crippen LogP contribution < -0.4 is 5.73 Å². The molecule has 3 heteroatoms. The Hall–Kier alpha value is -0.120. The molecule has 0 spiro atoms. The van der Waals surface area contributed by atoms with Gasteiger partial charge >= 0.3 is 0 Å². The lowest BCUT2D eigenvalue weighted by Gasteiger charge is -2.46. The predicted molar refractivity (Wildman–Crippen MR) is 57.1 cm³/mol. The van der Waals surface area contributed by atoms with Crippen LogP contribution in [0.25, 0.3) is 0 Å². The van der Waals surface area contributed by atoms with Crippen LogP contribution in [0.5, 0.6) is 0 Å². The molecule has 1 saturated carbocycles. The molecule has 1 aliphatic rings. The summed E-state index contributed by atoms with van der Waals surface area (Å²) in [5.41, 5.74) is 4.84. The maximum absolute atomic E-state index is 10.5. The van der Waals surface area contributed by atoms with Crippen molar-refractivity contribution in [3.63, 3.8) is 0 Å². The molecule has 2 atom stereocenters. The second-order valence-electron chi connectivity index (χ2n) is 5.07. The number of aliphatic hydroxyl groups is 1. The van der Waals surface area contributed by atoms with E-state index in [1.165, 1.54) is 0 Å². The molecule has 14 heavy (non-hydrogen) atoms. The SMILES string of the molecule is COC1CCCC(O)(C(C)(C)CN)C1. The normalized spacial score (nSPS) is 34.5. The van der Waals surface area contributed by atoms with Gasteiger partial charge in [0.15, 0.2) is 0 Å². The van der Waals surface area contributed by atoms with E-state index in [2.05, 4.69) is 0 Å². The average molecular weight is 201 g/mol. The standard InChI is InChI=1S/C11H23NO2/c1-10(2,8-12)11(13)6-4-5-9(7-11)14-3/h9,13H,4-8,12H2,1-3H3. The Balaban J connectivity index is 2.73. The van der Waals surface area contributed by atoms with Crippen molar-refractivity contribution in [2.75, 3.05) is 13.7 Å². The van der Waals surface area contributed by atoms with E-state index in [4.69, 9.17) is 10.5 Å². The Morgan fingerprint density at radius 1 is 1.57 bits per heavy atom. The Bertz CT molecular complexity index is 194. The molecule has 0 aromatic carbocycles. The lowest BCUT2D eigenvalue weighted by atomic mass is 9.66. The van der Waals surface area contributed by atoms with Crippen molar-refractivity contribution in [1.82, 2.24) is 0 Å². The lowest BCUT2D eigenvalue weighted by Crippen LogP contribution is -2.52. The van der Waals surface area contributed by atoms with E-state index in [9.17, 15) is 5.11 Å². The van der Waals surface area contributed by atoms with Gasteiger partial charge < -0.3 is 15.6 Å². The van der Waals surface area contributed by atoms with Gasteiger partial charge in [-0.05, 0) is 19.3 Å². The highest BCUT2D eigenvalue weighted by molar-refractivity contribution is 4.98. The number of ether oxygens (including phenoxy) is 1. The highest BCUT2D eigenvalue weighted by Gasteiger charge is 2.45.